The largest absolute Gasteiger partial charge is 0.348 e. The van der Waals surface area contributed by atoms with Crippen LogP contribution >= 0.6 is 11.6 Å². The SMILES string of the molecule is O=C(NCc1ccc(Cl)cc1)c1cncc2c1CCNC2. The van der Waals surface area contributed by atoms with Gasteiger partial charge in [0.25, 0.3) is 5.91 Å². The standard InChI is InChI=1S/C16H16ClN3O/c17-13-3-1-11(2-4-13)7-20-16(21)15-10-19-9-12-8-18-6-5-14(12)15/h1-4,9-10,18H,5-8H2,(H,20,21). The van der Waals surface area contributed by atoms with Gasteiger partial charge in [-0.05, 0) is 41.8 Å². The molecular weight excluding hydrogens is 286 g/mol. The van der Waals surface area contributed by atoms with E-state index in [1.165, 1.54) is 0 Å². The van der Waals surface area contributed by atoms with Gasteiger partial charge in [0.1, 0.15) is 0 Å². The number of nitrogens with zero attached hydrogens (tertiary/aromatic N) is 1. The summed E-state index contributed by atoms with van der Waals surface area (Å²) in [6.45, 7) is 2.16. The molecule has 1 aromatic heterocycles. The Morgan fingerprint density at radius 3 is 2.90 bits per heavy atom. The molecule has 0 saturated heterocycles. The first kappa shape index (κ1) is 14.0. The van der Waals surface area contributed by atoms with Gasteiger partial charge in [-0.15, -0.1) is 0 Å². The smallest absolute Gasteiger partial charge is 0.253 e. The van der Waals surface area contributed by atoms with Crippen molar-refractivity contribution in [1.29, 1.82) is 0 Å². The minimum absolute atomic E-state index is 0.0730. The zero-order chi connectivity index (χ0) is 14.7. The van der Waals surface area contributed by atoms with Crippen molar-refractivity contribution in [3.8, 4) is 0 Å². The Kier molecular flexibility index (Phi) is 4.18. The van der Waals surface area contributed by atoms with E-state index in [0.29, 0.717) is 17.1 Å². The van der Waals surface area contributed by atoms with Gasteiger partial charge in [-0.3, -0.25) is 9.78 Å². The zero-order valence-electron chi connectivity index (χ0n) is 11.5. The number of fused-ring (bicyclic) bond motifs is 1. The Bertz CT molecular complexity index is 655. The average Bonchev–Trinajstić information content (AvgIpc) is 2.53. The number of benzene rings is 1. The van der Waals surface area contributed by atoms with E-state index < -0.39 is 0 Å². The molecule has 1 aromatic carbocycles. The van der Waals surface area contributed by atoms with E-state index in [9.17, 15) is 4.79 Å². The van der Waals surface area contributed by atoms with Crippen molar-refractivity contribution in [3.63, 3.8) is 0 Å². The van der Waals surface area contributed by atoms with Crippen LogP contribution in [0.1, 0.15) is 27.0 Å². The Morgan fingerprint density at radius 2 is 2.10 bits per heavy atom. The molecule has 2 N–H and O–H groups in total. The van der Waals surface area contributed by atoms with E-state index in [-0.39, 0.29) is 5.91 Å². The van der Waals surface area contributed by atoms with Gasteiger partial charge >= 0.3 is 0 Å². The number of aromatic nitrogens is 1. The van der Waals surface area contributed by atoms with Gasteiger partial charge < -0.3 is 10.6 Å². The van der Waals surface area contributed by atoms with Crippen molar-refractivity contribution in [3.05, 3.63) is 63.9 Å². The van der Waals surface area contributed by atoms with Crippen LogP contribution in [0.25, 0.3) is 0 Å². The molecule has 0 atom stereocenters. The molecule has 0 unspecified atom stereocenters. The lowest BCUT2D eigenvalue weighted by Crippen LogP contribution is -2.29. The molecule has 0 radical (unpaired) electrons. The van der Waals surface area contributed by atoms with Crippen LogP contribution in [-0.2, 0) is 19.5 Å². The van der Waals surface area contributed by atoms with Crippen LogP contribution in [0.5, 0.6) is 0 Å². The van der Waals surface area contributed by atoms with Crippen molar-refractivity contribution in [2.75, 3.05) is 6.54 Å². The maximum atomic E-state index is 12.4. The fourth-order valence-corrected chi connectivity index (χ4v) is 2.62. The minimum Gasteiger partial charge on any atom is -0.348 e. The fourth-order valence-electron chi connectivity index (χ4n) is 2.49. The average molecular weight is 302 g/mol. The van der Waals surface area contributed by atoms with Crippen molar-refractivity contribution < 1.29 is 4.79 Å². The van der Waals surface area contributed by atoms with E-state index in [0.717, 1.165) is 36.2 Å². The predicted molar refractivity (Wildman–Crippen MR) is 82.3 cm³/mol. The van der Waals surface area contributed by atoms with Gasteiger partial charge in [0, 0.05) is 30.5 Å². The summed E-state index contributed by atoms with van der Waals surface area (Å²) in [6, 6.07) is 7.46. The molecule has 1 aliphatic rings. The topological polar surface area (TPSA) is 54.0 Å². The second-order valence-corrected chi connectivity index (χ2v) is 5.50. The Hall–Kier alpha value is -1.91. The highest BCUT2D eigenvalue weighted by Crippen LogP contribution is 2.17. The maximum absolute atomic E-state index is 12.4. The molecule has 3 rings (SSSR count). The third-order valence-corrected chi connectivity index (χ3v) is 3.88. The van der Waals surface area contributed by atoms with Gasteiger partial charge in [-0.2, -0.15) is 0 Å². The van der Waals surface area contributed by atoms with E-state index in [1.54, 1.807) is 6.20 Å². The second-order valence-electron chi connectivity index (χ2n) is 5.06. The van der Waals surface area contributed by atoms with Crippen molar-refractivity contribution >= 4 is 17.5 Å². The van der Waals surface area contributed by atoms with Crippen molar-refractivity contribution in [2.24, 2.45) is 0 Å². The fraction of sp³-hybridized carbons (Fsp3) is 0.250. The summed E-state index contributed by atoms with van der Waals surface area (Å²) in [5, 5.41) is 6.92. The number of rotatable bonds is 3. The van der Waals surface area contributed by atoms with Gasteiger partial charge in [0.05, 0.1) is 5.56 Å². The monoisotopic (exact) mass is 301 g/mol. The summed E-state index contributed by atoms with van der Waals surface area (Å²) in [4.78, 5) is 16.5. The molecule has 1 amide bonds. The number of hydrogen-bond donors (Lipinski definition) is 2. The number of carbonyl (C=O) groups excluding carboxylic acids is 1. The van der Waals surface area contributed by atoms with Gasteiger partial charge in [0.2, 0.25) is 0 Å². The first-order valence-corrected chi connectivity index (χ1v) is 7.31. The first-order valence-electron chi connectivity index (χ1n) is 6.93. The molecule has 0 aliphatic carbocycles. The quantitative estimate of drug-likeness (QED) is 0.915. The third-order valence-electron chi connectivity index (χ3n) is 3.62. The third kappa shape index (κ3) is 3.23. The van der Waals surface area contributed by atoms with Crippen LogP contribution in [0.3, 0.4) is 0 Å². The molecule has 0 saturated carbocycles. The molecule has 2 aromatic rings. The number of nitrogens with one attached hydrogen (secondary N) is 2. The summed E-state index contributed by atoms with van der Waals surface area (Å²) in [6.07, 6.45) is 4.35. The summed E-state index contributed by atoms with van der Waals surface area (Å²) < 4.78 is 0. The van der Waals surface area contributed by atoms with E-state index in [4.69, 9.17) is 11.6 Å². The lowest BCUT2D eigenvalue weighted by molar-refractivity contribution is 0.0949. The number of carbonyl (C=O) groups is 1. The lowest BCUT2D eigenvalue weighted by atomic mass is 9.98. The predicted octanol–water partition coefficient (Wildman–Crippen LogP) is 2.31. The minimum atomic E-state index is -0.0730. The number of hydrogen-bond acceptors (Lipinski definition) is 3. The van der Waals surface area contributed by atoms with Crippen LogP contribution in [-0.4, -0.2) is 17.4 Å². The van der Waals surface area contributed by atoms with Gasteiger partial charge in [0.15, 0.2) is 0 Å². The summed E-state index contributed by atoms with van der Waals surface area (Å²) in [7, 11) is 0. The van der Waals surface area contributed by atoms with E-state index >= 15 is 0 Å². The molecule has 21 heavy (non-hydrogen) atoms. The summed E-state index contributed by atoms with van der Waals surface area (Å²) in [5.74, 6) is -0.0730. The second kappa shape index (κ2) is 6.24. The van der Waals surface area contributed by atoms with Crippen LogP contribution < -0.4 is 10.6 Å². The molecule has 0 fully saturated rings. The van der Waals surface area contributed by atoms with E-state index in [1.807, 2.05) is 30.5 Å². The molecule has 1 aliphatic heterocycles. The van der Waals surface area contributed by atoms with Crippen LogP contribution in [0.4, 0.5) is 0 Å². The summed E-state index contributed by atoms with van der Waals surface area (Å²) in [5.41, 5.74) is 3.92. The molecule has 108 valence electrons. The van der Waals surface area contributed by atoms with Crippen LogP contribution in [0.15, 0.2) is 36.7 Å². The van der Waals surface area contributed by atoms with E-state index in [2.05, 4.69) is 15.6 Å². The van der Waals surface area contributed by atoms with Crippen LogP contribution in [0, 0.1) is 0 Å². The molecule has 0 spiro atoms. The highest BCUT2D eigenvalue weighted by atomic mass is 35.5. The summed E-state index contributed by atoms with van der Waals surface area (Å²) >= 11 is 5.85. The first-order chi connectivity index (χ1) is 10.2. The van der Waals surface area contributed by atoms with Crippen molar-refractivity contribution in [1.82, 2.24) is 15.6 Å². The molecule has 2 heterocycles. The Balaban J connectivity index is 1.72. The van der Waals surface area contributed by atoms with Crippen molar-refractivity contribution in [2.45, 2.75) is 19.5 Å². The number of pyridine rings is 1. The highest BCUT2D eigenvalue weighted by Gasteiger charge is 2.17. The molecule has 5 heteroatoms. The maximum Gasteiger partial charge on any atom is 0.253 e. The van der Waals surface area contributed by atoms with Gasteiger partial charge in [-0.1, -0.05) is 23.7 Å². The molecular formula is C16H16ClN3O. The zero-order valence-corrected chi connectivity index (χ0v) is 12.3. The number of amides is 1. The Morgan fingerprint density at radius 1 is 1.29 bits per heavy atom. The molecule has 0 bridgehead atoms. The lowest BCUT2D eigenvalue weighted by Gasteiger charge is -2.19. The highest BCUT2D eigenvalue weighted by molar-refractivity contribution is 6.30. The number of halogens is 1. The Labute approximate surface area is 128 Å². The van der Waals surface area contributed by atoms with Gasteiger partial charge in [-0.25, -0.2) is 0 Å². The normalized spacial score (nSPS) is 13.6. The molecule has 4 nitrogen and oxygen atoms in total. The van der Waals surface area contributed by atoms with Crippen LogP contribution in [0.2, 0.25) is 5.02 Å².